The van der Waals surface area contributed by atoms with E-state index in [1.165, 1.54) is 51.4 Å². The van der Waals surface area contributed by atoms with Gasteiger partial charge in [-0.15, -0.1) is 0 Å². The largest absolute Gasteiger partial charge is 0.396 e. The lowest BCUT2D eigenvalue weighted by Crippen LogP contribution is -2.54. The molecule has 33 heavy (non-hydrogen) atoms. The second kappa shape index (κ2) is 9.71. The first-order chi connectivity index (χ1) is 15.8. The predicted molar refractivity (Wildman–Crippen MR) is 134 cm³/mol. The van der Waals surface area contributed by atoms with Crippen molar-refractivity contribution < 1.29 is 9.53 Å². The minimum absolute atomic E-state index is 0.174. The third-order valence-electron chi connectivity index (χ3n) is 10.5. The number of ether oxygens (including phenoxy) is 1. The fraction of sp³-hybridized carbons (Fsp3) is 0.857. The zero-order valence-corrected chi connectivity index (χ0v) is 21.7. The number of nitrogens with two attached hydrogens (primary N) is 1. The first kappa shape index (κ1) is 24.8. The molecular weight excluding hydrogens is 410 g/mol. The Hall–Kier alpha value is -1.36. The van der Waals surface area contributed by atoms with Crippen molar-refractivity contribution in [1.82, 2.24) is 9.78 Å². The first-order valence-electron chi connectivity index (χ1n) is 13.6. The Kier molecular flexibility index (Phi) is 7.29. The molecule has 1 heterocycles. The SMILES string of the molecule is CC.COCC1CC[C@@]2(C)C(CC[C@H]3C4CC[C@H](C(=O)Cn5cc(N)cn5)C4(C)CCC32)C1. The topological polar surface area (TPSA) is 70.1 Å². The molecule has 0 radical (unpaired) electrons. The molecule has 0 bridgehead atoms. The van der Waals surface area contributed by atoms with Crippen molar-refractivity contribution in [3.63, 3.8) is 0 Å². The predicted octanol–water partition coefficient (Wildman–Crippen LogP) is 5.98. The van der Waals surface area contributed by atoms with Crippen LogP contribution in [-0.2, 0) is 16.1 Å². The maximum Gasteiger partial charge on any atom is 0.157 e. The van der Waals surface area contributed by atoms with Gasteiger partial charge in [0.1, 0.15) is 0 Å². The second-order valence-corrected chi connectivity index (χ2v) is 11.9. The Labute approximate surface area is 201 Å². The van der Waals surface area contributed by atoms with E-state index in [1.54, 1.807) is 17.1 Å². The van der Waals surface area contributed by atoms with Crippen molar-refractivity contribution in [3.05, 3.63) is 12.4 Å². The third kappa shape index (κ3) is 4.28. The minimum Gasteiger partial charge on any atom is -0.396 e. The van der Waals surface area contributed by atoms with E-state index in [0.717, 1.165) is 42.6 Å². The van der Waals surface area contributed by atoms with Gasteiger partial charge in [-0.25, -0.2) is 0 Å². The highest BCUT2D eigenvalue weighted by Gasteiger charge is 2.61. The number of carbonyl (C=O) groups excluding carboxylic acids is 1. The first-order valence-corrected chi connectivity index (χ1v) is 13.6. The average Bonchev–Trinajstić information content (AvgIpc) is 3.37. The van der Waals surface area contributed by atoms with Crippen LogP contribution in [0.25, 0.3) is 0 Å². The molecule has 1 aromatic rings. The minimum atomic E-state index is 0.174. The van der Waals surface area contributed by atoms with Crippen molar-refractivity contribution in [2.45, 2.75) is 92.0 Å². The van der Waals surface area contributed by atoms with Gasteiger partial charge in [0.2, 0.25) is 0 Å². The number of rotatable bonds is 5. The van der Waals surface area contributed by atoms with E-state index in [2.05, 4.69) is 18.9 Å². The van der Waals surface area contributed by atoms with Gasteiger partial charge < -0.3 is 10.5 Å². The van der Waals surface area contributed by atoms with Crippen molar-refractivity contribution in [2.75, 3.05) is 19.5 Å². The molecule has 4 aliphatic rings. The number of aromatic nitrogens is 2. The molecule has 186 valence electrons. The number of nitrogens with zero attached hydrogens (tertiary/aromatic N) is 2. The molecule has 0 aliphatic heterocycles. The van der Waals surface area contributed by atoms with Gasteiger partial charge in [-0.2, -0.15) is 5.10 Å². The third-order valence-corrected chi connectivity index (χ3v) is 10.5. The molecule has 0 amide bonds. The summed E-state index contributed by atoms with van der Waals surface area (Å²) in [5.41, 5.74) is 7.11. The van der Waals surface area contributed by atoms with Crippen LogP contribution >= 0.6 is 0 Å². The second-order valence-electron chi connectivity index (χ2n) is 11.9. The molecule has 8 atom stereocenters. The molecule has 4 aliphatic carbocycles. The van der Waals surface area contributed by atoms with Crippen LogP contribution in [-0.4, -0.2) is 29.3 Å². The van der Waals surface area contributed by atoms with Gasteiger partial charge in [0.25, 0.3) is 0 Å². The molecule has 1 aromatic heterocycles. The fourth-order valence-corrected chi connectivity index (χ4v) is 9.00. The molecule has 4 saturated carbocycles. The summed E-state index contributed by atoms with van der Waals surface area (Å²) in [6.45, 7) is 10.4. The lowest BCUT2D eigenvalue weighted by atomic mass is 9.44. The highest BCUT2D eigenvalue weighted by molar-refractivity contribution is 5.82. The van der Waals surface area contributed by atoms with Crippen molar-refractivity contribution >= 4 is 11.5 Å². The van der Waals surface area contributed by atoms with Crippen molar-refractivity contribution in [2.24, 2.45) is 46.3 Å². The Morgan fingerprint density at radius 1 is 1.09 bits per heavy atom. The van der Waals surface area contributed by atoms with Crippen LogP contribution in [0.1, 0.15) is 85.5 Å². The molecule has 5 rings (SSSR count). The molecule has 0 aromatic carbocycles. The number of ketones is 1. The summed E-state index contributed by atoms with van der Waals surface area (Å²) < 4.78 is 7.23. The number of hydrogen-bond donors (Lipinski definition) is 1. The summed E-state index contributed by atoms with van der Waals surface area (Å²) in [5.74, 6) is 4.58. The van der Waals surface area contributed by atoms with E-state index in [-0.39, 0.29) is 11.3 Å². The average molecular weight is 458 g/mol. The van der Waals surface area contributed by atoms with Gasteiger partial charge in [-0.1, -0.05) is 27.7 Å². The normalized spacial score (nSPS) is 41.8. The van der Waals surface area contributed by atoms with E-state index in [9.17, 15) is 4.79 Å². The van der Waals surface area contributed by atoms with Crippen LogP contribution in [0.4, 0.5) is 5.69 Å². The van der Waals surface area contributed by atoms with Crippen LogP contribution < -0.4 is 5.73 Å². The van der Waals surface area contributed by atoms with Crippen LogP contribution in [0.3, 0.4) is 0 Å². The van der Waals surface area contributed by atoms with E-state index < -0.39 is 0 Å². The Balaban J connectivity index is 0.00000126. The van der Waals surface area contributed by atoms with Gasteiger partial charge >= 0.3 is 0 Å². The maximum atomic E-state index is 13.3. The van der Waals surface area contributed by atoms with E-state index in [0.29, 0.717) is 23.4 Å². The standard InChI is InChI=1S/C26H41N3O2.C2H6/c1-25-10-8-17(16-31-3)12-18(25)4-5-20-21-6-7-23(26(21,2)11-9-22(20)25)24(30)15-29-14-19(27)13-28-29;1-2/h13-14,17-18,20-23H,4-12,15-16,27H2,1-3H3;1-2H3/t17?,18?,20-,21?,22?,23+,25-,26?;/m0./s1. The summed E-state index contributed by atoms with van der Waals surface area (Å²) >= 11 is 0. The Morgan fingerprint density at radius 3 is 2.52 bits per heavy atom. The van der Waals surface area contributed by atoms with E-state index >= 15 is 0 Å². The summed E-state index contributed by atoms with van der Waals surface area (Å²) in [6.07, 6.45) is 15.1. The number of carbonyl (C=O) groups is 1. The van der Waals surface area contributed by atoms with Crippen molar-refractivity contribution in [1.29, 1.82) is 0 Å². The Morgan fingerprint density at radius 2 is 1.82 bits per heavy atom. The number of hydrogen-bond acceptors (Lipinski definition) is 4. The van der Waals surface area contributed by atoms with Gasteiger partial charge in [-0.3, -0.25) is 9.48 Å². The van der Waals surface area contributed by atoms with Gasteiger partial charge in [0, 0.05) is 25.8 Å². The monoisotopic (exact) mass is 457 g/mol. The van der Waals surface area contributed by atoms with E-state index in [4.69, 9.17) is 10.5 Å². The van der Waals surface area contributed by atoms with E-state index in [1.807, 2.05) is 21.0 Å². The molecule has 5 nitrogen and oxygen atoms in total. The van der Waals surface area contributed by atoms with Crippen molar-refractivity contribution in [3.8, 4) is 0 Å². The number of methoxy groups -OCH3 is 1. The smallest absolute Gasteiger partial charge is 0.157 e. The summed E-state index contributed by atoms with van der Waals surface area (Å²) in [6, 6.07) is 0. The zero-order chi connectivity index (χ0) is 23.8. The van der Waals surface area contributed by atoms with Gasteiger partial charge in [0.05, 0.1) is 18.4 Å². The zero-order valence-electron chi connectivity index (χ0n) is 21.7. The highest BCUT2D eigenvalue weighted by atomic mass is 16.5. The summed E-state index contributed by atoms with van der Waals surface area (Å²) in [7, 11) is 1.85. The Bertz CT molecular complexity index is 822. The molecule has 0 saturated heterocycles. The molecule has 5 heteroatoms. The highest BCUT2D eigenvalue weighted by Crippen LogP contribution is 2.67. The molecule has 2 N–H and O–H groups in total. The molecule has 4 fully saturated rings. The summed E-state index contributed by atoms with van der Waals surface area (Å²) in [4.78, 5) is 13.3. The number of fused-ring (bicyclic) bond motifs is 5. The molecule has 5 unspecified atom stereocenters. The van der Waals surface area contributed by atoms with Crippen LogP contribution in [0, 0.1) is 46.3 Å². The van der Waals surface area contributed by atoms with Gasteiger partial charge in [0.15, 0.2) is 5.78 Å². The number of Topliss-reactive ketones (excluding diaryl/α,β-unsaturated/α-hetero) is 1. The fourth-order valence-electron chi connectivity index (χ4n) is 9.00. The molecule has 0 spiro atoms. The maximum absolute atomic E-state index is 13.3. The molecular formula is C28H47N3O2. The number of nitrogen functional groups attached to an aromatic ring is 1. The van der Waals surface area contributed by atoms with Gasteiger partial charge in [-0.05, 0) is 98.2 Å². The summed E-state index contributed by atoms with van der Waals surface area (Å²) in [5, 5.41) is 4.25. The van der Waals surface area contributed by atoms with Crippen LogP contribution in [0.2, 0.25) is 0 Å². The lowest BCUT2D eigenvalue weighted by molar-refractivity contribution is -0.138. The van der Waals surface area contributed by atoms with Crippen LogP contribution in [0.15, 0.2) is 12.4 Å². The lowest BCUT2D eigenvalue weighted by Gasteiger charge is -2.61. The van der Waals surface area contributed by atoms with Crippen LogP contribution in [0.5, 0.6) is 0 Å². The quantitative estimate of drug-likeness (QED) is 0.590. The number of anilines is 1.